The van der Waals surface area contributed by atoms with Crippen molar-refractivity contribution in [3.63, 3.8) is 0 Å². The predicted octanol–water partition coefficient (Wildman–Crippen LogP) is 2.20. The van der Waals surface area contributed by atoms with Gasteiger partial charge in [-0.05, 0) is 23.6 Å². The quantitative estimate of drug-likeness (QED) is 0.779. The van der Waals surface area contributed by atoms with Crippen LogP contribution in [0.3, 0.4) is 0 Å². The summed E-state index contributed by atoms with van der Waals surface area (Å²) in [6.45, 7) is 3.73. The Bertz CT molecular complexity index is 812. The van der Waals surface area contributed by atoms with Crippen LogP contribution in [0, 0.1) is 0 Å². The normalized spacial score (nSPS) is 16.3. The van der Waals surface area contributed by atoms with Gasteiger partial charge in [-0.1, -0.05) is 17.7 Å². The van der Waals surface area contributed by atoms with Crippen LogP contribution in [0.5, 0.6) is 0 Å². The number of nitrogens with one attached hydrogen (secondary N) is 1. The Morgan fingerprint density at radius 1 is 1.20 bits per heavy atom. The fourth-order valence-electron chi connectivity index (χ4n) is 2.58. The number of piperazine rings is 1. The summed E-state index contributed by atoms with van der Waals surface area (Å²) in [5.41, 5.74) is 0. The van der Waals surface area contributed by atoms with Crippen molar-refractivity contribution in [3.8, 4) is 0 Å². The molecular formula is C15H18ClN3O3S3. The third-order valence-electron chi connectivity index (χ3n) is 3.92. The van der Waals surface area contributed by atoms with Crippen LogP contribution in [0.1, 0.15) is 9.67 Å². The number of hydrogen-bond acceptors (Lipinski definition) is 6. The van der Waals surface area contributed by atoms with Crippen molar-refractivity contribution >= 4 is 50.2 Å². The van der Waals surface area contributed by atoms with Gasteiger partial charge in [0.05, 0.1) is 9.21 Å². The number of amides is 1. The van der Waals surface area contributed by atoms with Gasteiger partial charge in [0, 0.05) is 39.3 Å². The molecule has 0 radical (unpaired) electrons. The van der Waals surface area contributed by atoms with Crippen LogP contribution in [-0.4, -0.2) is 63.4 Å². The van der Waals surface area contributed by atoms with Crippen LogP contribution in [-0.2, 0) is 10.0 Å². The first kappa shape index (κ1) is 18.8. The molecule has 0 aliphatic carbocycles. The van der Waals surface area contributed by atoms with Crippen molar-refractivity contribution in [1.82, 2.24) is 14.5 Å². The summed E-state index contributed by atoms with van der Waals surface area (Å²) in [5, 5.41) is 1.90. The number of carbonyl (C=O) groups excluding carboxylic acids is 1. The zero-order valence-electron chi connectivity index (χ0n) is 13.4. The molecule has 1 aliphatic rings. The monoisotopic (exact) mass is 419 g/mol. The Kier molecular flexibility index (Phi) is 6.13. The van der Waals surface area contributed by atoms with E-state index in [-0.39, 0.29) is 10.1 Å². The van der Waals surface area contributed by atoms with Gasteiger partial charge in [-0.25, -0.2) is 13.1 Å². The molecule has 10 heteroatoms. The SMILES string of the molecule is O=C(c1cccs1)N1CCN(CCNS(=O)(=O)c2ccc(Cl)s2)CC1. The van der Waals surface area contributed by atoms with Crippen LogP contribution in [0.4, 0.5) is 0 Å². The minimum atomic E-state index is -3.50. The lowest BCUT2D eigenvalue weighted by molar-refractivity contribution is 0.0645. The third-order valence-corrected chi connectivity index (χ3v) is 7.97. The largest absolute Gasteiger partial charge is 0.335 e. The first-order valence-electron chi connectivity index (χ1n) is 7.76. The van der Waals surface area contributed by atoms with Gasteiger partial charge in [0.2, 0.25) is 10.0 Å². The Hall–Kier alpha value is -0.970. The zero-order chi connectivity index (χ0) is 17.9. The first-order valence-corrected chi connectivity index (χ1v) is 11.3. The molecule has 136 valence electrons. The van der Waals surface area contributed by atoms with Crippen molar-refractivity contribution in [3.05, 3.63) is 38.9 Å². The fraction of sp³-hybridized carbons (Fsp3) is 0.400. The number of carbonyl (C=O) groups is 1. The molecule has 1 fully saturated rings. The Morgan fingerprint density at radius 3 is 2.56 bits per heavy atom. The van der Waals surface area contributed by atoms with Crippen molar-refractivity contribution in [2.75, 3.05) is 39.3 Å². The van der Waals surface area contributed by atoms with Gasteiger partial charge in [-0.2, -0.15) is 0 Å². The maximum absolute atomic E-state index is 12.3. The van der Waals surface area contributed by atoms with E-state index in [1.165, 1.54) is 17.4 Å². The van der Waals surface area contributed by atoms with E-state index in [0.29, 0.717) is 30.5 Å². The Morgan fingerprint density at radius 2 is 1.96 bits per heavy atom. The smallest absolute Gasteiger partial charge is 0.264 e. The van der Waals surface area contributed by atoms with Gasteiger partial charge in [0.25, 0.3) is 5.91 Å². The summed E-state index contributed by atoms with van der Waals surface area (Å²) in [5.74, 6) is 0.0740. The average Bonchev–Trinajstić information content (AvgIpc) is 3.26. The van der Waals surface area contributed by atoms with Crippen molar-refractivity contribution < 1.29 is 13.2 Å². The average molecular weight is 420 g/mol. The molecule has 0 atom stereocenters. The number of rotatable bonds is 6. The van der Waals surface area contributed by atoms with Gasteiger partial charge in [-0.15, -0.1) is 22.7 Å². The number of sulfonamides is 1. The number of halogens is 1. The van der Waals surface area contributed by atoms with Gasteiger partial charge in [0.1, 0.15) is 4.21 Å². The third kappa shape index (κ3) is 4.81. The van der Waals surface area contributed by atoms with Gasteiger partial charge in [-0.3, -0.25) is 9.69 Å². The molecule has 6 nitrogen and oxygen atoms in total. The maximum Gasteiger partial charge on any atom is 0.264 e. The molecule has 25 heavy (non-hydrogen) atoms. The summed E-state index contributed by atoms with van der Waals surface area (Å²) >= 11 is 8.28. The second-order valence-corrected chi connectivity index (χ2v) is 10.2. The predicted molar refractivity (Wildman–Crippen MR) is 101 cm³/mol. The molecule has 0 saturated carbocycles. The van der Waals surface area contributed by atoms with E-state index in [2.05, 4.69) is 9.62 Å². The van der Waals surface area contributed by atoms with Crippen LogP contribution >= 0.6 is 34.3 Å². The summed E-state index contributed by atoms with van der Waals surface area (Å²) in [7, 11) is -3.50. The minimum absolute atomic E-state index is 0.0740. The van der Waals surface area contributed by atoms with E-state index in [0.717, 1.165) is 29.3 Å². The molecule has 1 amide bonds. The van der Waals surface area contributed by atoms with Crippen LogP contribution in [0.15, 0.2) is 33.9 Å². The van der Waals surface area contributed by atoms with Crippen molar-refractivity contribution in [1.29, 1.82) is 0 Å². The van der Waals surface area contributed by atoms with E-state index in [9.17, 15) is 13.2 Å². The summed E-state index contributed by atoms with van der Waals surface area (Å²) in [6, 6.07) is 6.79. The highest BCUT2D eigenvalue weighted by Gasteiger charge is 2.23. The van der Waals surface area contributed by atoms with Gasteiger partial charge < -0.3 is 4.90 Å². The lowest BCUT2D eigenvalue weighted by Gasteiger charge is -2.34. The summed E-state index contributed by atoms with van der Waals surface area (Å²) in [6.07, 6.45) is 0. The molecular weight excluding hydrogens is 402 g/mol. The van der Waals surface area contributed by atoms with E-state index >= 15 is 0 Å². The molecule has 1 aliphatic heterocycles. The van der Waals surface area contributed by atoms with Gasteiger partial charge in [0.15, 0.2) is 0 Å². The zero-order valence-corrected chi connectivity index (χ0v) is 16.6. The molecule has 3 rings (SSSR count). The maximum atomic E-state index is 12.3. The standard InChI is InChI=1S/C15H18ClN3O3S3/c16-13-3-4-14(24-13)25(21,22)17-5-6-18-7-9-19(10-8-18)15(20)12-2-1-11-23-12/h1-4,11,17H,5-10H2. The van der Waals surface area contributed by atoms with Crippen molar-refractivity contribution in [2.24, 2.45) is 0 Å². The van der Waals surface area contributed by atoms with Crippen LogP contribution in [0.25, 0.3) is 0 Å². The number of thiophene rings is 2. The van der Waals surface area contributed by atoms with E-state index in [1.807, 2.05) is 22.4 Å². The minimum Gasteiger partial charge on any atom is -0.335 e. The lowest BCUT2D eigenvalue weighted by atomic mass is 10.3. The van der Waals surface area contributed by atoms with E-state index in [1.54, 1.807) is 6.07 Å². The molecule has 1 N–H and O–H groups in total. The second-order valence-electron chi connectivity index (χ2n) is 5.57. The van der Waals surface area contributed by atoms with E-state index in [4.69, 9.17) is 11.6 Å². The number of hydrogen-bond donors (Lipinski definition) is 1. The Labute approximate surface area is 160 Å². The topological polar surface area (TPSA) is 69.7 Å². The molecule has 0 aromatic carbocycles. The highest BCUT2D eigenvalue weighted by Crippen LogP contribution is 2.25. The lowest BCUT2D eigenvalue weighted by Crippen LogP contribution is -2.50. The van der Waals surface area contributed by atoms with Crippen LogP contribution in [0.2, 0.25) is 4.34 Å². The van der Waals surface area contributed by atoms with Crippen LogP contribution < -0.4 is 4.72 Å². The summed E-state index contributed by atoms with van der Waals surface area (Å²) in [4.78, 5) is 17.1. The molecule has 1 saturated heterocycles. The molecule has 3 heterocycles. The summed E-state index contributed by atoms with van der Waals surface area (Å²) < 4.78 is 27.5. The highest BCUT2D eigenvalue weighted by molar-refractivity contribution is 7.91. The van der Waals surface area contributed by atoms with E-state index < -0.39 is 10.0 Å². The number of nitrogens with zero attached hydrogens (tertiary/aromatic N) is 2. The molecule has 0 unspecified atom stereocenters. The van der Waals surface area contributed by atoms with Crippen molar-refractivity contribution in [2.45, 2.75) is 4.21 Å². The second kappa shape index (κ2) is 8.15. The molecule has 2 aromatic rings. The highest BCUT2D eigenvalue weighted by atomic mass is 35.5. The first-order chi connectivity index (χ1) is 12.0. The molecule has 2 aromatic heterocycles. The van der Waals surface area contributed by atoms with Gasteiger partial charge >= 0.3 is 0 Å². The molecule has 0 bridgehead atoms. The fourth-order valence-corrected chi connectivity index (χ4v) is 5.82. The molecule has 0 spiro atoms. The Balaban J connectivity index is 1.43.